The molecule has 0 aliphatic carbocycles. The molecule has 0 saturated heterocycles. The summed E-state index contributed by atoms with van der Waals surface area (Å²) < 4.78 is 15.4. The van der Waals surface area contributed by atoms with Crippen molar-refractivity contribution in [3.63, 3.8) is 0 Å². The summed E-state index contributed by atoms with van der Waals surface area (Å²) in [5.74, 6) is 0.791. The van der Waals surface area contributed by atoms with Gasteiger partial charge in [-0.3, -0.25) is 0 Å². The molecule has 0 bridgehead atoms. The van der Waals surface area contributed by atoms with Gasteiger partial charge < -0.3 is 14.2 Å². The molecule has 1 aromatic carbocycles. The Balaban J connectivity index is 2.27. The number of hydrogen-bond acceptors (Lipinski definition) is 4. The van der Waals surface area contributed by atoms with E-state index < -0.39 is 0 Å². The molecule has 0 unspecified atom stereocenters. The number of esters is 1. The largest absolute Gasteiger partial charge is 0.463 e. The fraction of sp³-hybridized carbons (Fsp3) is 0.308. The minimum Gasteiger partial charge on any atom is -0.463 e. The molecule has 96 valence electrons. The van der Waals surface area contributed by atoms with Crippen molar-refractivity contribution in [3.8, 4) is 11.5 Å². The molecule has 18 heavy (non-hydrogen) atoms. The van der Waals surface area contributed by atoms with E-state index in [0.29, 0.717) is 28.7 Å². The predicted octanol–water partition coefficient (Wildman–Crippen LogP) is 3.04. The zero-order valence-electron chi connectivity index (χ0n) is 10.2. The molecule has 0 spiro atoms. The lowest BCUT2D eigenvalue weighted by Gasteiger charge is -2.04. The van der Waals surface area contributed by atoms with E-state index in [9.17, 15) is 4.79 Å². The first-order valence-corrected chi connectivity index (χ1v) is 5.94. The van der Waals surface area contributed by atoms with E-state index in [0.717, 1.165) is 5.56 Å². The van der Waals surface area contributed by atoms with Gasteiger partial charge in [0.15, 0.2) is 11.5 Å². The molecule has 0 atom stereocenters. The molecule has 2 rings (SSSR count). The summed E-state index contributed by atoms with van der Waals surface area (Å²) in [6.45, 7) is 3.98. The Morgan fingerprint density at radius 1 is 1.50 bits per heavy atom. The molecule has 0 aromatic heterocycles. The average molecular weight is 269 g/mol. The van der Waals surface area contributed by atoms with E-state index in [4.69, 9.17) is 25.8 Å². The van der Waals surface area contributed by atoms with E-state index in [2.05, 4.69) is 0 Å². The second-order valence-electron chi connectivity index (χ2n) is 3.78. The van der Waals surface area contributed by atoms with Crippen LogP contribution in [-0.2, 0) is 9.53 Å². The van der Waals surface area contributed by atoms with Gasteiger partial charge in [-0.25, -0.2) is 4.79 Å². The summed E-state index contributed by atoms with van der Waals surface area (Å²) in [5.41, 5.74) is 1.28. The standard InChI is InChI=1S/C13H13ClO4/c1-3-16-13(15)8(2)4-9-5-10(14)12-11(6-9)17-7-18-12/h4-6H,3,7H2,1-2H3/b8-4+. The van der Waals surface area contributed by atoms with Crippen molar-refractivity contribution in [2.45, 2.75) is 13.8 Å². The summed E-state index contributed by atoms with van der Waals surface area (Å²) in [4.78, 5) is 11.5. The second-order valence-corrected chi connectivity index (χ2v) is 4.19. The molecule has 0 amide bonds. The van der Waals surface area contributed by atoms with Gasteiger partial charge in [-0.2, -0.15) is 0 Å². The molecular weight excluding hydrogens is 256 g/mol. The normalized spacial score (nSPS) is 13.6. The second kappa shape index (κ2) is 5.31. The first-order chi connectivity index (χ1) is 8.61. The van der Waals surface area contributed by atoms with Crippen LogP contribution in [0.1, 0.15) is 19.4 Å². The van der Waals surface area contributed by atoms with E-state index in [-0.39, 0.29) is 12.8 Å². The van der Waals surface area contributed by atoms with Gasteiger partial charge in [-0.1, -0.05) is 11.6 Å². The third-order valence-corrected chi connectivity index (χ3v) is 2.71. The van der Waals surface area contributed by atoms with Crippen molar-refractivity contribution in [2.75, 3.05) is 13.4 Å². The van der Waals surface area contributed by atoms with Gasteiger partial charge in [-0.15, -0.1) is 0 Å². The van der Waals surface area contributed by atoms with E-state index in [1.807, 2.05) is 0 Å². The fourth-order valence-corrected chi connectivity index (χ4v) is 1.90. The summed E-state index contributed by atoms with van der Waals surface area (Å²) in [5, 5.41) is 0.466. The number of rotatable bonds is 3. The van der Waals surface area contributed by atoms with E-state index in [1.54, 1.807) is 32.1 Å². The van der Waals surface area contributed by atoms with Gasteiger partial charge in [0.1, 0.15) is 0 Å². The molecular formula is C13H13ClO4. The average Bonchev–Trinajstić information content (AvgIpc) is 2.77. The Kier molecular flexibility index (Phi) is 3.77. The van der Waals surface area contributed by atoms with Crippen molar-refractivity contribution in [2.24, 2.45) is 0 Å². The number of carbonyl (C=O) groups excluding carboxylic acids is 1. The highest BCUT2D eigenvalue weighted by Gasteiger charge is 2.18. The molecule has 0 saturated carbocycles. The predicted molar refractivity (Wildman–Crippen MR) is 67.9 cm³/mol. The van der Waals surface area contributed by atoms with Crippen molar-refractivity contribution in [1.29, 1.82) is 0 Å². The number of carbonyl (C=O) groups is 1. The topological polar surface area (TPSA) is 44.8 Å². The Morgan fingerprint density at radius 3 is 3.00 bits per heavy atom. The van der Waals surface area contributed by atoms with Crippen molar-refractivity contribution >= 4 is 23.6 Å². The lowest BCUT2D eigenvalue weighted by molar-refractivity contribution is -0.138. The summed E-state index contributed by atoms with van der Waals surface area (Å²) in [7, 11) is 0. The minimum atomic E-state index is -0.341. The van der Waals surface area contributed by atoms with Gasteiger partial charge in [0.25, 0.3) is 0 Å². The van der Waals surface area contributed by atoms with Crippen LogP contribution in [0.4, 0.5) is 0 Å². The maximum absolute atomic E-state index is 11.5. The van der Waals surface area contributed by atoms with Crippen molar-refractivity contribution in [1.82, 2.24) is 0 Å². The Hall–Kier alpha value is -1.68. The number of benzene rings is 1. The fourth-order valence-electron chi connectivity index (χ4n) is 1.62. The molecule has 5 heteroatoms. The van der Waals surface area contributed by atoms with Crippen LogP contribution >= 0.6 is 11.6 Å². The minimum absolute atomic E-state index is 0.166. The van der Waals surface area contributed by atoms with Crippen LogP contribution in [0.15, 0.2) is 17.7 Å². The molecule has 1 aromatic rings. The van der Waals surface area contributed by atoms with Gasteiger partial charge in [0.05, 0.1) is 11.6 Å². The number of fused-ring (bicyclic) bond motifs is 1. The molecule has 4 nitrogen and oxygen atoms in total. The number of hydrogen-bond donors (Lipinski definition) is 0. The van der Waals surface area contributed by atoms with Crippen LogP contribution in [0.5, 0.6) is 11.5 Å². The smallest absolute Gasteiger partial charge is 0.333 e. The molecule has 0 fully saturated rings. The van der Waals surface area contributed by atoms with Gasteiger partial charge in [0.2, 0.25) is 6.79 Å². The Labute approximate surface area is 110 Å². The van der Waals surface area contributed by atoms with Crippen LogP contribution < -0.4 is 9.47 Å². The molecule has 1 aliphatic rings. The number of ether oxygens (including phenoxy) is 3. The van der Waals surface area contributed by atoms with Crippen LogP contribution in [-0.4, -0.2) is 19.4 Å². The lowest BCUT2D eigenvalue weighted by Crippen LogP contribution is -2.04. The summed E-state index contributed by atoms with van der Waals surface area (Å²) in [6.07, 6.45) is 1.70. The highest BCUT2D eigenvalue weighted by atomic mass is 35.5. The molecule has 1 aliphatic heterocycles. The van der Waals surface area contributed by atoms with E-state index >= 15 is 0 Å². The quantitative estimate of drug-likeness (QED) is 0.624. The summed E-state index contributed by atoms with van der Waals surface area (Å²) in [6, 6.07) is 3.49. The Morgan fingerprint density at radius 2 is 2.28 bits per heavy atom. The highest BCUT2D eigenvalue weighted by Crippen LogP contribution is 2.40. The van der Waals surface area contributed by atoms with Crippen LogP contribution in [0.25, 0.3) is 6.08 Å². The molecule has 0 N–H and O–H groups in total. The first kappa shape index (κ1) is 12.8. The van der Waals surface area contributed by atoms with Crippen LogP contribution in [0.3, 0.4) is 0 Å². The zero-order chi connectivity index (χ0) is 13.1. The summed E-state index contributed by atoms with van der Waals surface area (Å²) >= 11 is 6.05. The van der Waals surface area contributed by atoms with Gasteiger partial charge >= 0.3 is 5.97 Å². The van der Waals surface area contributed by atoms with Gasteiger partial charge in [0, 0.05) is 5.57 Å². The van der Waals surface area contributed by atoms with Crippen LogP contribution in [0.2, 0.25) is 5.02 Å². The highest BCUT2D eigenvalue weighted by molar-refractivity contribution is 6.32. The third-order valence-electron chi connectivity index (χ3n) is 2.43. The maximum atomic E-state index is 11.5. The van der Waals surface area contributed by atoms with Crippen LogP contribution in [0, 0.1) is 0 Å². The maximum Gasteiger partial charge on any atom is 0.333 e. The van der Waals surface area contributed by atoms with E-state index in [1.165, 1.54) is 0 Å². The Bertz CT molecular complexity index is 508. The van der Waals surface area contributed by atoms with Crippen molar-refractivity contribution in [3.05, 3.63) is 28.3 Å². The first-order valence-electron chi connectivity index (χ1n) is 5.56. The monoisotopic (exact) mass is 268 g/mol. The molecule has 0 radical (unpaired) electrons. The number of halogens is 1. The zero-order valence-corrected chi connectivity index (χ0v) is 10.9. The van der Waals surface area contributed by atoms with Crippen molar-refractivity contribution < 1.29 is 19.0 Å². The molecule has 1 heterocycles. The SMILES string of the molecule is CCOC(=O)/C(C)=C/c1cc(Cl)c2c(c1)OCO2. The third kappa shape index (κ3) is 2.59. The van der Waals surface area contributed by atoms with Gasteiger partial charge in [-0.05, 0) is 37.6 Å². The lowest BCUT2D eigenvalue weighted by atomic mass is 10.1.